The van der Waals surface area contributed by atoms with Gasteiger partial charge in [0.15, 0.2) is 4.87 Å². The molecule has 1 unspecified atom stereocenters. The van der Waals surface area contributed by atoms with Crippen molar-refractivity contribution in [1.29, 1.82) is 0 Å². The van der Waals surface area contributed by atoms with Crippen molar-refractivity contribution in [3.05, 3.63) is 0 Å². The summed E-state index contributed by atoms with van der Waals surface area (Å²) in [5, 5.41) is 0. The van der Waals surface area contributed by atoms with E-state index in [9.17, 15) is 9.59 Å². The molecule has 1 rings (SSSR count). The highest BCUT2D eigenvalue weighted by Gasteiger charge is 2.46. The molecule has 0 aromatic carbocycles. The molecule has 0 aliphatic carbocycles. The molecule has 17 heavy (non-hydrogen) atoms. The summed E-state index contributed by atoms with van der Waals surface area (Å²) in [6.45, 7) is 5.88. The van der Waals surface area contributed by atoms with Gasteiger partial charge in [0.25, 0.3) is 0 Å². The lowest BCUT2D eigenvalue weighted by Crippen LogP contribution is -2.40. The SMILES string of the molecule is COC(=O)C1(Cl)CCN(C(=O)OC(C)(C)C)C1. The Kier molecular flexibility index (Phi) is 3.91. The highest BCUT2D eigenvalue weighted by atomic mass is 35.5. The zero-order chi connectivity index (χ0) is 13.3. The maximum atomic E-state index is 11.8. The third-order valence-corrected chi connectivity index (χ3v) is 2.89. The molecule has 0 saturated carbocycles. The van der Waals surface area contributed by atoms with Gasteiger partial charge in [-0.25, -0.2) is 4.79 Å². The zero-order valence-corrected chi connectivity index (χ0v) is 11.3. The number of likely N-dealkylation sites (tertiary alicyclic amines) is 1. The molecule has 0 spiro atoms. The molecule has 1 heterocycles. The van der Waals surface area contributed by atoms with Crippen LogP contribution < -0.4 is 0 Å². The van der Waals surface area contributed by atoms with Gasteiger partial charge in [-0.05, 0) is 27.2 Å². The van der Waals surface area contributed by atoms with Crippen LogP contribution in [0.3, 0.4) is 0 Å². The van der Waals surface area contributed by atoms with Crippen molar-refractivity contribution in [3.8, 4) is 0 Å². The molecule has 0 aromatic heterocycles. The number of carbonyl (C=O) groups excluding carboxylic acids is 2. The predicted octanol–water partition coefficient (Wildman–Crippen LogP) is 1.78. The summed E-state index contributed by atoms with van der Waals surface area (Å²) in [6, 6.07) is 0. The van der Waals surface area contributed by atoms with Crippen LogP contribution in [0.1, 0.15) is 27.2 Å². The fraction of sp³-hybridized carbons (Fsp3) is 0.818. The van der Waals surface area contributed by atoms with Crippen LogP contribution in [0.4, 0.5) is 4.79 Å². The number of nitrogens with zero attached hydrogens (tertiary/aromatic N) is 1. The molecule has 1 aliphatic heterocycles. The van der Waals surface area contributed by atoms with Gasteiger partial charge in [0.05, 0.1) is 13.7 Å². The average Bonchev–Trinajstić information content (AvgIpc) is 2.58. The summed E-state index contributed by atoms with van der Waals surface area (Å²) in [7, 11) is 1.28. The van der Waals surface area contributed by atoms with Crippen LogP contribution in [0.5, 0.6) is 0 Å². The fourth-order valence-corrected chi connectivity index (χ4v) is 1.91. The first-order valence-electron chi connectivity index (χ1n) is 5.43. The van der Waals surface area contributed by atoms with Gasteiger partial charge >= 0.3 is 12.1 Å². The maximum absolute atomic E-state index is 11.8. The van der Waals surface area contributed by atoms with Gasteiger partial charge in [-0.3, -0.25) is 4.79 Å². The normalized spacial score (nSPS) is 24.6. The number of amides is 1. The molecule has 5 nitrogen and oxygen atoms in total. The Morgan fingerprint density at radius 2 is 1.94 bits per heavy atom. The summed E-state index contributed by atoms with van der Waals surface area (Å²) in [5.74, 6) is -0.509. The van der Waals surface area contributed by atoms with Crippen LogP contribution in [0.2, 0.25) is 0 Å². The number of hydrogen-bond donors (Lipinski definition) is 0. The van der Waals surface area contributed by atoms with E-state index in [4.69, 9.17) is 16.3 Å². The van der Waals surface area contributed by atoms with Crippen molar-refractivity contribution in [3.63, 3.8) is 0 Å². The summed E-state index contributed by atoms with van der Waals surface area (Å²) in [6.07, 6.45) is -0.0792. The van der Waals surface area contributed by atoms with E-state index in [-0.39, 0.29) is 6.54 Å². The minimum absolute atomic E-state index is 0.121. The van der Waals surface area contributed by atoms with Crippen LogP contribution in [0.15, 0.2) is 0 Å². The summed E-state index contributed by atoms with van der Waals surface area (Å²) >= 11 is 6.11. The van der Waals surface area contributed by atoms with E-state index in [2.05, 4.69) is 4.74 Å². The Labute approximate surface area is 106 Å². The molecule has 0 bridgehead atoms. The average molecular weight is 264 g/mol. The highest BCUT2D eigenvalue weighted by molar-refractivity contribution is 6.34. The molecule has 1 saturated heterocycles. The minimum atomic E-state index is -1.13. The number of methoxy groups -OCH3 is 1. The third kappa shape index (κ3) is 3.49. The molecular formula is C11H18ClNO4. The highest BCUT2D eigenvalue weighted by Crippen LogP contribution is 2.30. The number of halogens is 1. The lowest BCUT2D eigenvalue weighted by molar-refractivity contribution is -0.143. The van der Waals surface area contributed by atoms with Gasteiger partial charge in [0.2, 0.25) is 0 Å². The zero-order valence-electron chi connectivity index (χ0n) is 10.6. The number of ether oxygens (including phenoxy) is 2. The van der Waals surface area contributed by atoms with Crippen LogP contribution in [0.25, 0.3) is 0 Å². The molecule has 6 heteroatoms. The second-order valence-electron chi connectivity index (χ2n) is 5.11. The number of rotatable bonds is 1. The lowest BCUT2D eigenvalue weighted by Gasteiger charge is -2.25. The first-order chi connectivity index (χ1) is 7.68. The van der Waals surface area contributed by atoms with E-state index in [1.807, 2.05) is 0 Å². The van der Waals surface area contributed by atoms with E-state index >= 15 is 0 Å². The first-order valence-corrected chi connectivity index (χ1v) is 5.81. The van der Waals surface area contributed by atoms with Gasteiger partial charge in [-0.2, -0.15) is 0 Å². The van der Waals surface area contributed by atoms with Crippen molar-refractivity contribution in [1.82, 2.24) is 4.90 Å². The van der Waals surface area contributed by atoms with Crippen molar-refractivity contribution >= 4 is 23.7 Å². The van der Waals surface area contributed by atoms with E-state index < -0.39 is 22.5 Å². The van der Waals surface area contributed by atoms with E-state index in [1.165, 1.54) is 12.0 Å². The predicted molar refractivity (Wildman–Crippen MR) is 63.0 cm³/mol. The summed E-state index contributed by atoms with van der Waals surface area (Å²) in [5.41, 5.74) is -0.556. The van der Waals surface area contributed by atoms with Crippen molar-refractivity contribution in [2.24, 2.45) is 0 Å². The largest absolute Gasteiger partial charge is 0.468 e. The quantitative estimate of drug-likeness (QED) is 0.535. The topological polar surface area (TPSA) is 55.8 Å². The fourth-order valence-electron chi connectivity index (χ4n) is 1.60. The number of alkyl halides is 1. The number of carbonyl (C=O) groups is 2. The second kappa shape index (κ2) is 4.72. The Balaban J connectivity index is 2.62. The van der Waals surface area contributed by atoms with E-state index in [0.717, 1.165) is 0 Å². The van der Waals surface area contributed by atoms with Crippen LogP contribution in [-0.4, -0.2) is 47.6 Å². The van der Waals surface area contributed by atoms with Gasteiger partial charge < -0.3 is 14.4 Å². The standard InChI is InChI=1S/C11H18ClNO4/c1-10(2,3)17-9(15)13-6-5-11(12,7-13)8(14)16-4/h5-7H2,1-4H3. The molecule has 0 N–H and O–H groups in total. The van der Waals surface area contributed by atoms with Crippen LogP contribution in [-0.2, 0) is 14.3 Å². The maximum Gasteiger partial charge on any atom is 0.410 e. The van der Waals surface area contributed by atoms with Crippen molar-refractivity contribution < 1.29 is 19.1 Å². The number of esters is 1. The monoisotopic (exact) mass is 263 g/mol. The third-order valence-electron chi connectivity index (χ3n) is 2.42. The Bertz CT molecular complexity index is 326. The first kappa shape index (κ1) is 14.1. The van der Waals surface area contributed by atoms with Gasteiger partial charge in [-0.15, -0.1) is 11.6 Å². The Hall–Kier alpha value is -0.970. The smallest absolute Gasteiger partial charge is 0.410 e. The van der Waals surface area contributed by atoms with Gasteiger partial charge in [0, 0.05) is 6.54 Å². The minimum Gasteiger partial charge on any atom is -0.468 e. The Morgan fingerprint density at radius 3 is 2.41 bits per heavy atom. The van der Waals surface area contributed by atoms with E-state index in [0.29, 0.717) is 13.0 Å². The molecule has 1 amide bonds. The number of hydrogen-bond acceptors (Lipinski definition) is 4. The second-order valence-corrected chi connectivity index (χ2v) is 5.83. The molecule has 1 fully saturated rings. The van der Waals surface area contributed by atoms with Crippen molar-refractivity contribution in [2.45, 2.75) is 37.7 Å². The Morgan fingerprint density at radius 1 is 1.35 bits per heavy atom. The molecule has 0 aromatic rings. The van der Waals surface area contributed by atoms with Crippen molar-refractivity contribution in [2.75, 3.05) is 20.2 Å². The molecule has 1 aliphatic rings. The van der Waals surface area contributed by atoms with Crippen LogP contribution in [0, 0.1) is 0 Å². The summed E-state index contributed by atoms with van der Waals surface area (Å²) < 4.78 is 9.82. The molecule has 98 valence electrons. The molecule has 0 radical (unpaired) electrons. The molecule has 1 atom stereocenters. The van der Waals surface area contributed by atoms with Gasteiger partial charge in [0.1, 0.15) is 5.60 Å². The van der Waals surface area contributed by atoms with E-state index in [1.54, 1.807) is 20.8 Å². The van der Waals surface area contributed by atoms with Gasteiger partial charge in [-0.1, -0.05) is 0 Å². The lowest BCUT2D eigenvalue weighted by atomic mass is 10.1. The molecular weight excluding hydrogens is 246 g/mol. The summed E-state index contributed by atoms with van der Waals surface area (Å²) in [4.78, 5) is 23.5. The van der Waals surface area contributed by atoms with Crippen LogP contribution >= 0.6 is 11.6 Å².